The molecule has 1 aliphatic carbocycles. The topological polar surface area (TPSA) is 73.1 Å². The third kappa shape index (κ3) is 2.14. The quantitative estimate of drug-likeness (QED) is 0.877. The van der Waals surface area contributed by atoms with E-state index in [2.05, 4.69) is 5.32 Å². The average Bonchev–Trinajstić information content (AvgIpc) is 3.13. The van der Waals surface area contributed by atoms with Gasteiger partial charge in [0.25, 0.3) is 0 Å². The molecule has 0 saturated heterocycles. The van der Waals surface area contributed by atoms with Crippen LogP contribution in [-0.2, 0) is 4.79 Å². The zero-order chi connectivity index (χ0) is 13.3. The van der Waals surface area contributed by atoms with E-state index in [0.29, 0.717) is 10.7 Å². The fourth-order valence-electron chi connectivity index (χ4n) is 2.01. The van der Waals surface area contributed by atoms with Crippen molar-refractivity contribution in [2.75, 3.05) is 5.32 Å². The van der Waals surface area contributed by atoms with Gasteiger partial charge < -0.3 is 10.4 Å². The normalized spacial score (nSPS) is 17.6. The summed E-state index contributed by atoms with van der Waals surface area (Å²) in [6.07, 6.45) is 1.77. The Morgan fingerprint density at radius 3 is 2.78 bits per heavy atom. The van der Waals surface area contributed by atoms with Crippen molar-refractivity contribution in [3.8, 4) is 6.07 Å². The van der Waals surface area contributed by atoms with Gasteiger partial charge in [-0.3, -0.25) is 0 Å². The number of hydrogen-bond acceptors (Lipinski definition) is 3. The van der Waals surface area contributed by atoms with Gasteiger partial charge in [0.15, 0.2) is 0 Å². The van der Waals surface area contributed by atoms with Crippen molar-refractivity contribution >= 4 is 23.3 Å². The van der Waals surface area contributed by atoms with E-state index in [4.69, 9.17) is 16.9 Å². The van der Waals surface area contributed by atoms with Crippen molar-refractivity contribution in [1.82, 2.24) is 0 Å². The van der Waals surface area contributed by atoms with Crippen molar-refractivity contribution in [3.63, 3.8) is 0 Å². The molecule has 94 valence electrons. The summed E-state index contributed by atoms with van der Waals surface area (Å²) in [5.74, 6) is -0.811. The number of aliphatic carboxylic acids is 1. The van der Waals surface area contributed by atoms with Crippen LogP contribution in [0.5, 0.6) is 0 Å². The van der Waals surface area contributed by atoms with E-state index in [1.165, 1.54) is 0 Å². The molecule has 1 aromatic carbocycles. The first-order valence-corrected chi connectivity index (χ1v) is 6.07. The minimum absolute atomic E-state index is 0.0977. The Balaban J connectivity index is 2.36. The summed E-state index contributed by atoms with van der Waals surface area (Å²) in [4.78, 5) is 11.4. The molecule has 1 atom stereocenters. The summed E-state index contributed by atoms with van der Waals surface area (Å²) in [6, 6.07) is 6.98. The second-order valence-electron chi connectivity index (χ2n) is 4.68. The number of nitriles is 1. The van der Waals surface area contributed by atoms with Gasteiger partial charge in [-0.15, -0.1) is 0 Å². The maximum atomic E-state index is 11.4. The van der Waals surface area contributed by atoms with E-state index in [0.717, 1.165) is 12.8 Å². The van der Waals surface area contributed by atoms with Crippen molar-refractivity contribution in [1.29, 1.82) is 5.26 Å². The Bertz CT molecular complexity index is 534. The van der Waals surface area contributed by atoms with Crippen molar-refractivity contribution in [2.24, 2.45) is 5.92 Å². The van der Waals surface area contributed by atoms with Crippen LogP contribution in [0.25, 0.3) is 0 Å². The molecule has 0 radical (unpaired) electrons. The summed E-state index contributed by atoms with van der Waals surface area (Å²) < 4.78 is 0. The van der Waals surface area contributed by atoms with Gasteiger partial charge >= 0.3 is 5.97 Å². The highest BCUT2D eigenvalue weighted by Gasteiger charge is 2.47. The lowest BCUT2D eigenvalue weighted by atomic mass is 9.95. The SMILES string of the molecule is CC(Nc1cccc(Cl)c1C#N)(C(=O)O)C1CC1. The minimum Gasteiger partial charge on any atom is -0.480 e. The Morgan fingerprint density at radius 2 is 2.28 bits per heavy atom. The first kappa shape index (κ1) is 12.7. The van der Waals surface area contributed by atoms with E-state index in [1.807, 2.05) is 6.07 Å². The molecule has 1 aliphatic rings. The standard InChI is InChI=1S/C13H13ClN2O2/c1-13(12(17)18,8-5-6-8)16-11-4-2-3-10(14)9(11)7-15/h2-4,8,16H,5-6H2,1H3,(H,17,18). The van der Waals surface area contributed by atoms with Gasteiger partial charge in [-0.25, -0.2) is 4.79 Å². The molecule has 0 aliphatic heterocycles. The molecular weight excluding hydrogens is 252 g/mol. The van der Waals surface area contributed by atoms with Crippen LogP contribution in [0, 0.1) is 17.2 Å². The first-order valence-electron chi connectivity index (χ1n) is 5.69. The number of halogens is 1. The van der Waals surface area contributed by atoms with E-state index < -0.39 is 11.5 Å². The Labute approximate surface area is 110 Å². The summed E-state index contributed by atoms with van der Waals surface area (Å²) in [5.41, 5.74) is -0.287. The van der Waals surface area contributed by atoms with Crippen LogP contribution in [-0.4, -0.2) is 16.6 Å². The largest absolute Gasteiger partial charge is 0.480 e. The van der Waals surface area contributed by atoms with Crippen molar-refractivity contribution < 1.29 is 9.90 Å². The number of carboxylic acids is 1. The fourth-order valence-corrected chi connectivity index (χ4v) is 2.23. The summed E-state index contributed by atoms with van der Waals surface area (Å²) >= 11 is 5.92. The molecule has 0 spiro atoms. The van der Waals surface area contributed by atoms with Crippen molar-refractivity contribution in [2.45, 2.75) is 25.3 Å². The lowest BCUT2D eigenvalue weighted by Crippen LogP contribution is -2.45. The highest BCUT2D eigenvalue weighted by atomic mass is 35.5. The molecule has 1 fully saturated rings. The zero-order valence-electron chi connectivity index (χ0n) is 9.90. The molecule has 18 heavy (non-hydrogen) atoms. The van der Waals surface area contributed by atoms with E-state index in [9.17, 15) is 9.90 Å². The molecule has 1 saturated carbocycles. The van der Waals surface area contributed by atoms with Crippen LogP contribution in [0.2, 0.25) is 5.02 Å². The monoisotopic (exact) mass is 264 g/mol. The molecule has 5 heteroatoms. The zero-order valence-corrected chi connectivity index (χ0v) is 10.7. The van der Waals surface area contributed by atoms with E-state index in [1.54, 1.807) is 25.1 Å². The van der Waals surface area contributed by atoms with Gasteiger partial charge in [0, 0.05) is 0 Å². The van der Waals surface area contributed by atoms with Crippen LogP contribution < -0.4 is 5.32 Å². The lowest BCUT2D eigenvalue weighted by Gasteiger charge is -2.28. The lowest BCUT2D eigenvalue weighted by molar-refractivity contribution is -0.142. The second kappa shape index (κ2) is 4.51. The van der Waals surface area contributed by atoms with Crippen molar-refractivity contribution in [3.05, 3.63) is 28.8 Å². The maximum absolute atomic E-state index is 11.4. The van der Waals surface area contributed by atoms with Gasteiger partial charge in [-0.1, -0.05) is 17.7 Å². The first-order chi connectivity index (χ1) is 8.49. The minimum atomic E-state index is -1.05. The van der Waals surface area contributed by atoms with Crippen LogP contribution in [0.3, 0.4) is 0 Å². The predicted octanol–water partition coefficient (Wildman–Crippen LogP) is 2.88. The molecular formula is C13H13ClN2O2. The molecule has 4 nitrogen and oxygen atoms in total. The maximum Gasteiger partial charge on any atom is 0.329 e. The predicted molar refractivity (Wildman–Crippen MR) is 68.6 cm³/mol. The van der Waals surface area contributed by atoms with Gasteiger partial charge in [0.2, 0.25) is 0 Å². The van der Waals surface area contributed by atoms with Gasteiger partial charge in [0.05, 0.1) is 16.3 Å². The van der Waals surface area contributed by atoms with Crippen LogP contribution in [0.4, 0.5) is 5.69 Å². The summed E-state index contributed by atoms with van der Waals surface area (Å²) in [5, 5.41) is 21.7. The number of anilines is 1. The number of nitrogens with zero attached hydrogens (tertiary/aromatic N) is 1. The number of benzene rings is 1. The second-order valence-corrected chi connectivity index (χ2v) is 5.09. The third-order valence-corrected chi connectivity index (χ3v) is 3.67. The Morgan fingerprint density at radius 1 is 1.61 bits per heavy atom. The average molecular weight is 265 g/mol. The number of carbonyl (C=O) groups is 1. The Hall–Kier alpha value is -1.73. The number of rotatable bonds is 4. The summed E-state index contributed by atoms with van der Waals surface area (Å²) in [6.45, 7) is 1.65. The molecule has 0 heterocycles. The number of carboxylic acid groups (broad SMARTS) is 1. The van der Waals surface area contributed by atoms with Crippen LogP contribution in [0.1, 0.15) is 25.3 Å². The highest BCUT2D eigenvalue weighted by molar-refractivity contribution is 6.32. The molecule has 0 aromatic heterocycles. The van der Waals surface area contributed by atoms with E-state index >= 15 is 0 Å². The van der Waals surface area contributed by atoms with E-state index in [-0.39, 0.29) is 11.5 Å². The third-order valence-electron chi connectivity index (χ3n) is 3.36. The Kier molecular flexibility index (Phi) is 3.18. The molecule has 0 amide bonds. The van der Waals surface area contributed by atoms with Gasteiger partial charge in [-0.05, 0) is 37.8 Å². The molecule has 1 unspecified atom stereocenters. The molecule has 0 bridgehead atoms. The summed E-state index contributed by atoms with van der Waals surface area (Å²) in [7, 11) is 0. The highest BCUT2D eigenvalue weighted by Crippen LogP contribution is 2.42. The fraction of sp³-hybridized carbons (Fsp3) is 0.385. The number of nitrogens with one attached hydrogen (secondary N) is 1. The van der Waals surface area contributed by atoms with Crippen LogP contribution in [0.15, 0.2) is 18.2 Å². The van der Waals surface area contributed by atoms with Gasteiger partial charge in [0.1, 0.15) is 11.6 Å². The van der Waals surface area contributed by atoms with Crippen LogP contribution >= 0.6 is 11.6 Å². The number of hydrogen-bond donors (Lipinski definition) is 2. The molecule has 2 rings (SSSR count). The van der Waals surface area contributed by atoms with Gasteiger partial charge in [-0.2, -0.15) is 5.26 Å². The smallest absolute Gasteiger partial charge is 0.329 e. The molecule has 2 N–H and O–H groups in total. The molecule has 1 aromatic rings.